The smallest absolute Gasteiger partial charge is 0.322 e. The van der Waals surface area contributed by atoms with E-state index in [1.54, 1.807) is 43.9 Å². The van der Waals surface area contributed by atoms with Crippen LogP contribution in [0.2, 0.25) is 0 Å². The monoisotopic (exact) mass is 305 g/mol. The third-order valence-corrected chi connectivity index (χ3v) is 4.08. The lowest BCUT2D eigenvalue weighted by Gasteiger charge is -2.33. The summed E-state index contributed by atoms with van der Waals surface area (Å²) in [4.78, 5) is 25.4. The molecule has 3 amide bonds. The summed E-state index contributed by atoms with van der Waals surface area (Å²) < 4.78 is 0. The first-order valence-corrected chi connectivity index (χ1v) is 7.40. The van der Waals surface area contributed by atoms with Gasteiger partial charge in [-0.3, -0.25) is 4.79 Å². The topological polar surface area (TPSA) is 95.7 Å². The SMILES string of the molecule is Cc1ccc(NC(=O)N2CCC[C@@H]2C(C)(C)O)cc1C(N)=O. The van der Waals surface area contributed by atoms with Crippen LogP contribution in [-0.2, 0) is 0 Å². The van der Waals surface area contributed by atoms with Crippen LogP contribution >= 0.6 is 0 Å². The Morgan fingerprint density at radius 2 is 2.09 bits per heavy atom. The summed E-state index contributed by atoms with van der Waals surface area (Å²) >= 11 is 0. The zero-order chi connectivity index (χ0) is 16.5. The molecule has 1 atom stereocenters. The van der Waals surface area contributed by atoms with Gasteiger partial charge in [0.2, 0.25) is 5.91 Å². The second kappa shape index (κ2) is 5.96. The van der Waals surface area contributed by atoms with Crippen molar-refractivity contribution in [1.82, 2.24) is 4.90 Å². The zero-order valence-electron chi connectivity index (χ0n) is 13.2. The Bertz CT molecular complexity index is 593. The van der Waals surface area contributed by atoms with Crippen molar-refractivity contribution in [2.45, 2.75) is 45.3 Å². The number of anilines is 1. The lowest BCUT2D eigenvalue weighted by molar-refractivity contribution is 0.0117. The number of amides is 3. The molecule has 0 radical (unpaired) electrons. The fourth-order valence-corrected chi connectivity index (χ4v) is 2.90. The number of carbonyl (C=O) groups is 2. The van der Waals surface area contributed by atoms with Crippen molar-refractivity contribution in [3.8, 4) is 0 Å². The quantitative estimate of drug-likeness (QED) is 0.795. The molecule has 1 aliphatic rings. The average Bonchev–Trinajstić information content (AvgIpc) is 2.90. The van der Waals surface area contributed by atoms with E-state index in [0.717, 1.165) is 18.4 Å². The number of primary amides is 1. The van der Waals surface area contributed by atoms with Gasteiger partial charge in [0.15, 0.2) is 0 Å². The molecule has 0 saturated carbocycles. The molecule has 0 bridgehead atoms. The lowest BCUT2D eigenvalue weighted by atomic mass is 9.97. The Hall–Kier alpha value is -2.08. The Morgan fingerprint density at radius 3 is 2.68 bits per heavy atom. The number of carbonyl (C=O) groups excluding carboxylic acids is 2. The summed E-state index contributed by atoms with van der Waals surface area (Å²) in [6, 6.07) is 4.56. The van der Waals surface area contributed by atoms with Crippen molar-refractivity contribution < 1.29 is 14.7 Å². The molecule has 1 aromatic carbocycles. The van der Waals surface area contributed by atoms with E-state index in [1.165, 1.54) is 0 Å². The molecule has 0 aromatic heterocycles. The molecule has 1 fully saturated rings. The van der Waals surface area contributed by atoms with Crippen molar-refractivity contribution in [3.63, 3.8) is 0 Å². The Kier molecular flexibility index (Phi) is 4.42. The standard InChI is InChI=1S/C16H23N3O3/c1-10-6-7-11(9-12(10)14(17)20)18-15(21)19-8-4-5-13(19)16(2,3)22/h6-7,9,13,22H,4-5,8H2,1-3H3,(H2,17,20)(H,18,21)/t13-/m1/s1. The van der Waals surface area contributed by atoms with E-state index in [-0.39, 0.29) is 12.1 Å². The highest BCUT2D eigenvalue weighted by Gasteiger charge is 2.38. The van der Waals surface area contributed by atoms with E-state index in [9.17, 15) is 14.7 Å². The maximum absolute atomic E-state index is 12.4. The minimum absolute atomic E-state index is 0.214. The normalized spacial score (nSPS) is 18.4. The van der Waals surface area contributed by atoms with Crippen LogP contribution in [0, 0.1) is 6.92 Å². The van der Waals surface area contributed by atoms with Gasteiger partial charge < -0.3 is 21.1 Å². The molecule has 1 heterocycles. The lowest BCUT2D eigenvalue weighted by Crippen LogP contribution is -2.49. The van der Waals surface area contributed by atoms with Gasteiger partial charge in [-0.05, 0) is 51.3 Å². The molecule has 0 spiro atoms. The van der Waals surface area contributed by atoms with Crippen LogP contribution in [0.15, 0.2) is 18.2 Å². The predicted molar refractivity (Wildman–Crippen MR) is 84.7 cm³/mol. The number of aliphatic hydroxyl groups is 1. The van der Waals surface area contributed by atoms with Gasteiger partial charge in [0.05, 0.1) is 11.6 Å². The third kappa shape index (κ3) is 3.39. The van der Waals surface area contributed by atoms with Crippen molar-refractivity contribution in [3.05, 3.63) is 29.3 Å². The molecule has 0 unspecified atom stereocenters. The minimum atomic E-state index is -0.945. The highest BCUT2D eigenvalue weighted by Crippen LogP contribution is 2.27. The summed E-state index contributed by atoms with van der Waals surface area (Å²) in [6.45, 7) is 5.81. The largest absolute Gasteiger partial charge is 0.388 e. The van der Waals surface area contributed by atoms with Gasteiger partial charge in [0, 0.05) is 17.8 Å². The number of nitrogens with one attached hydrogen (secondary N) is 1. The number of hydrogen-bond acceptors (Lipinski definition) is 3. The third-order valence-electron chi connectivity index (χ3n) is 4.08. The number of nitrogens with two attached hydrogens (primary N) is 1. The van der Waals surface area contributed by atoms with Crippen LogP contribution in [0.1, 0.15) is 42.6 Å². The number of aryl methyl sites for hydroxylation is 1. The predicted octanol–water partition coefficient (Wildman–Crippen LogP) is 1.86. The first kappa shape index (κ1) is 16.3. The maximum Gasteiger partial charge on any atom is 0.322 e. The highest BCUT2D eigenvalue weighted by atomic mass is 16.3. The van der Waals surface area contributed by atoms with Gasteiger partial charge in [-0.15, -0.1) is 0 Å². The number of urea groups is 1. The van der Waals surface area contributed by atoms with Crippen molar-refractivity contribution in [2.75, 3.05) is 11.9 Å². The van der Waals surface area contributed by atoms with E-state index >= 15 is 0 Å². The van der Waals surface area contributed by atoms with Crippen molar-refractivity contribution in [2.24, 2.45) is 5.73 Å². The van der Waals surface area contributed by atoms with Crippen LogP contribution in [0.25, 0.3) is 0 Å². The van der Waals surface area contributed by atoms with Crippen molar-refractivity contribution >= 4 is 17.6 Å². The van der Waals surface area contributed by atoms with Crippen LogP contribution < -0.4 is 11.1 Å². The number of nitrogens with zero attached hydrogens (tertiary/aromatic N) is 1. The number of rotatable bonds is 3. The molecule has 1 aliphatic heterocycles. The summed E-state index contributed by atoms with van der Waals surface area (Å²) in [5, 5.41) is 12.9. The summed E-state index contributed by atoms with van der Waals surface area (Å²) in [5.41, 5.74) is 6.05. The van der Waals surface area contributed by atoms with Gasteiger partial charge in [-0.2, -0.15) is 0 Å². The number of benzene rings is 1. The summed E-state index contributed by atoms with van der Waals surface area (Å²) in [5.74, 6) is -0.524. The highest BCUT2D eigenvalue weighted by molar-refractivity contribution is 5.97. The number of hydrogen-bond donors (Lipinski definition) is 3. The summed E-state index contributed by atoms with van der Waals surface area (Å²) in [7, 11) is 0. The molecular formula is C16H23N3O3. The van der Waals surface area contributed by atoms with Gasteiger partial charge in [-0.25, -0.2) is 4.79 Å². The fourth-order valence-electron chi connectivity index (χ4n) is 2.90. The Labute approximate surface area is 130 Å². The fraction of sp³-hybridized carbons (Fsp3) is 0.500. The second-order valence-electron chi connectivity index (χ2n) is 6.33. The van der Waals surface area contributed by atoms with Gasteiger partial charge in [0.1, 0.15) is 0 Å². The van der Waals surface area contributed by atoms with E-state index in [0.29, 0.717) is 17.8 Å². The Balaban J connectivity index is 2.15. The summed E-state index contributed by atoms with van der Waals surface area (Å²) in [6.07, 6.45) is 1.64. The molecule has 0 aliphatic carbocycles. The molecule has 1 aromatic rings. The first-order chi connectivity index (χ1) is 10.2. The van der Waals surface area contributed by atoms with E-state index in [2.05, 4.69) is 5.32 Å². The van der Waals surface area contributed by atoms with Crippen molar-refractivity contribution in [1.29, 1.82) is 0 Å². The first-order valence-electron chi connectivity index (χ1n) is 7.40. The van der Waals surface area contributed by atoms with Crippen LogP contribution in [0.5, 0.6) is 0 Å². The van der Waals surface area contributed by atoms with Gasteiger partial charge in [-0.1, -0.05) is 6.07 Å². The molecule has 4 N–H and O–H groups in total. The molecular weight excluding hydrogens is 282 g/mol. The number of likely N-dealkylation sites (tertiary alicyclic amines) is 1. The molecule has 120 valence electrons. The van der Waals surface area contributed by atoms with Crippen LogP contribution in [0.4, 0.5) is 10.5 Å². The zero-order valence-corrected chi connectivity index (χ0v) is 13.2. The van der Waals surface area contributed by atoms with Crippen LogP contribution in [0.3, 0.4) is 0 Å². The maximum atomic E-state index is 12.4. The van der Waals surface area contributed by atoms with Gasteiger partial charge in [0.25, 0.3) is 0 Å². The minimum Gasteiger partial charge on any atom is -0.388 e. The van der Waals surface area contributed by atoms with Crippen LogP contribution in [-0.4, -0.2) is 40.1 Å². The van der Waals surface area contributed by atoms with Gasteiger partial charge >= 0.3 is 6.03 Å². The molecule has 6 heteroatoms. The second-order valence-corrected chi connectivity index (χ2v) is 6.33. The Morgan fingerprint density at radius 1 is 1.41 bits per heavy atom. The molecule has 22 heavy (non-hydrogen) atoms. The van der Waals surface area contributed by atoms with E-state index < -0.39 is 11.5 Å². The van der Waals surface area contributed by atoms with E-state index in [4.69, 9.17) is 5.73 Å². The molecule has 6 nitrogen and oxygen atoms in total. The molecule has 2 rings (SSSR count). The average molecular weight is 305 g/mol. The molecule has 1 saturated heterocycles. The van der Waals surface area contributed by atoms with E-state index in [1.807, 2.05) is 0 Å².